The Bertz CT molecular complexity index is 403. The molecule has 94 valence electrons. The fraction of sp³-hybridized carbons (Fsp3) is 0.571. The van der Waals surface area contributed by atoms with E-state index in [-0.39, 0.29) is 0 Å². The van der Waals surface area contributed by atoms with Crippen molar-refractivity contribution in [1.29, 1.82) is 0 Å². The molecular formula is C14H20ClNO. The Morgan fingerprint density at radius 2 is 2.18 bits per heavy atom. The van der Waals surface area contributed by atoms with Gasteiger partial charge in [-0.25, -0.2) is 0 Å². The normalized spacial score (nSPS) is 19.7. The van der Waals surface area contributed by atoms with Crippen molar-refractivity contribution >= 4 is 11.6 Å². The fourth-order valence-electron chi connectivity index (χ4n) is 2.43. The zero-order chi connectivity index (χ0) is 12.4. The fourth-order valence-corrected chi connectivity index (χ4v) is 2.65. The minimum atomic E-state index is 0.353. The maximum absolute atomic E-state index is 6.24. The molecule has 0 aromatic heterocycles. The molecule has 0 radical (unpaired) electrons. The van der Waals surface area contributed by atoms with Crippen molar-refractivity contribution in [2.24, 2.45) is 0 Å². The smallest absolute Gasteiger partial charge is 0.142 e. The first-order chi connectivity index (χ1) is 8.09. The second-order valence-corrected chi connectivity index (χ2v) is 5.38. The van der Waals surface area contributed by atoms with Gasteiger partial charge in [-0.3, -0.25) is 0 Å². The van der Waals surface area contributed by atoms with Crippen LogP contribution in [0.4, 0.5) is 0 Å². The van der Waals surface area contributed by atoms with Gasteiger partial charge in [0.25, 0.3) is 0 Å². The molecule has 17 heavy (non-hydrogen) atoms. The van der Waals surface area contributed by atoms with Crippen LogP contribution in [0.25, 0.3) is 0 Å². The average molecular weight is 254 g/mol. The van der Waals surface area contributed by atoms with Crippen LogP contribution in [-0.4, -0.2) is 12.6 Å². The van der Waals surface area contributed by atoms with Crippen molar-refractivity contribution in [2.45, 2.75) is 45.7 Å². The quantitative estimate of drug-likeness (QED) is 0.864. The summed E-state index contributed by atoms with van der Waals surface area (Å²) in [6, 6.07) is 4.81. The molecule has 1 aliphatic heterocycles. The minimum Gasteiger partial charge on any atom is -0.492 e. The van der Waals surface area contributed by atoms with Gasteiger partial charge < -0.3 is 10.1 Å². The van der Waals surface area contributed by atoms with Crippen LogP contribution in [0.2, 0.25) is 5.02 Å². The van der Waals surface area contributed by atoms with E-state index in [0.717, 1.165) is 30.2 Å². The number of hydrogen-bond acceptors (Lipinski definition) is 2. The largest absolute Gasteiger partial charge is 0.492 e. The SMILES string of the molecule is Cc1ccc(Cl)c2c1C(NC(C)C)CCCO2. The van der Waals surface area contributed by atoms with Crippen molar-refractivity contribution in [3.8, 4) is 5.75 Å². The molecule has 2 rings (SSSR count). The standard InChI is InChI=1S/C14H20ClNO/c1-9(2)16-12-5-4-8-17-14-11(15)7-6-10(3)13(12)14/h6-7,9,12,16H,4-5,8H2,1-3H3. The van der Waals surface area contributed by atoms with Gasteiger partial charge in [0.1, 0.15) is 5.75 Å². The first-order valence-electron chi connectivity index (χ1n) is 6.27. The Hall–Kier alpha value is -0.730. The maximum atomic E-state index is 6.24. The van der Waals surface area contributed by atoms with Gasteiger partial charge in [0.2, 0.25) is 0 Å². The lowest BCUT2D eigenvalue weighted by atomic mass is 9.96. The number of rotatable bonds is 2. The summed E-state index contributed by atoms with van der Waals surface area (Å²) < 4.78 is 5.80. The topological polar surface area (TPSA) is 21.3 Å². The first-order valence-corrected chi connectivity index (χ1v) is 6.65. The van der Waals surface area contributed by atoms with E-state index in [2.05, 4.69) is 32.2 Å². The number of ether oxygens (including phenoxy) is 1. The Kier molecular flexibility index (Phi) is 3.95. The summed E-state index contributed by atoms with van der Waals surface area (Å²) >= 11 is 6.24. The molecule has 1 aromatic carbocycles. The molecule has 1 atom stereocenters. The molecule has 1 N–H and O–H groups in total. The summed E-state index contributed by atoms with van der Waals surface area (Å²) in [6.07, 6.45) is 2.17. The van der Waals surface area contributed by atoms with Gasteiger partial charge in [0.05, 0.1) is 11.6 Å². The van der Waals surface area contributed by atoms with Gasteiger partial charge in [-0.2, -0.15) is 0 Å². The average Bonchev–Trinajstić information content (AvgIpc) is 2.46. The van der Waals surface area contributed by atoms with Gasteiger partial charge in [-0.05, 0) is 31.4 Å². The third-order valence-electron chi connectivity index (χ3n) is 3.13. The summed E-state index contributed by atoms with van der Waals surface area (Å²) in [6.45, 7) is 7.22. The second kappa shape index (κ2) is 5.28. The van der Waals surface area contributed by atoms with Crippen LogP contribution < -0.4 is 10.1 Å². The summed E-state index contributed by atoms with van der Waals surface area (Å²) in [5.74, 6) is 0.877. The zero-order valence-electron chi connectivity index (χ0n) is 10.7. The zero-order valence-corrected chi connectivity index (χ0v) is 11.5. The van der Waals surface area contributed by atoms with Crippen molar-refractivity contribution in [2.75, 3.05) is 6.61 Å². The Morgan fingerprint density at radius 3 is 2.88 bits per heavy atom. The van der Waals surface area contributed by atoms with E-state index in [0.29, 0.717) is 12.1 Å². The van der Waals surface area contributed by atoms with Crippen LogP contribution in [0.1, 0.15) is 43.9 Å². The predicted molar refractivity (Wildman–Crippen MR) is 71.9 cm³/mol. The molecule has 1 aliphatic rings. The van der Waals surface area contributed by atoms with Crippen molar-refractivity contribution in [3.63, 3.8) is 0 Å². The summed E-state index contributed by atoms with van der Waals surface area (Å²) in [7, 11) is 0. The van der Waals surface area contributed by atoms with Crippen LogP contribution in [0.3, 0.4) is 0 Å². The molecule has 0 saturated carbocycles. The van der Waals surface area contributed by atoms with E-state index in [1.807, 2.05) is 6.07 Å². The van der Waals surface area contributed by atoms with E-state index in [1.54, 1.807) is 0 Å². The maximum Gasteiger partial charge on any atom is 0.142 e. The highest BCUT2D eigenvalue weighted by Crippen LogP contribution is 2.39. The Balaban J connectivity index is 2.43. The van der Waals surface area contributed by atoms with Crippen LogP contribution in [0.15, 0.2) is 12.1 Å². The molecular weight excluding hydrogens is 234 g/mol. The van der Waals surface area contributed by atoms with Gasteiger partial charge in [-0.15, -0.1) is 0 Å². The van der Waals surface area contributed by atoms with Crippen LogP contribution in [0, 0.1) is 6.92 Å². The van der Waals surface area contributed by atoms with E-state index in [1.165, 1.54) is 11.1 Å². The van der Waals surface area contributed by atoms with Gasteiger partial charge in [0.15, 0.2) is 0 Å². The summed E-state index contributed by atoms with van der Waals surface area (Å²) in [5, 5.41) is 4.33. The molecule has 2 nitrogen and oxygen atoms in total. The Morgan fingerprint density at radius 1 is 1.41 bits per heavy atom. The Labute approximate surface area is 108 Å². The third kappa shape index (κ3) is 2.75. The number of halogens is 1. The molecule has 1 unspecified atom stereocenters. The molecule has 0 bridgehead atoms. The molecule has 0 spiro atoms. The molecule has 0 saturated heterocycles. The number of nitrogens with one attached hydrogen (secondary N) is 1. The predicted octanol–water partition coefficient (Wildman–Crippen LogP) is 3.86. The van der Waals surface area contributed by atoms with Gasteiger partial charge in [-0.1, -0.05) is 31.5 Å². The second-order valence-electron chi connectivity index (χ2n) is 4.97. The van der Waals surface area contributed by atoms with E-state index in [9.17, 15) is 0 Å². The third-order valence-corrected chi connectivity index (χ3v) is 3.43. The van der Waals surface area contributed by atoms with Crippen LogP contribution in [0.5, 0.6) is 5.75 Å². The summed E-state index contributed by atoms with van der Waals surface area (Å²) in [5.41, 5.74) is 2.49. The lowest BCUT2D eigenvalue weighted by Crippen LogP contribution is -2.28. The van der Waals surface area contributed by atoms with Crippen molar-refractivity contribution in [3.05, 3.63) is 28.3 Å². The van der Waals surface area contributed by atoms with E-state index < -0.39 is 0 Å². The van der Waals surface area contributed by atoms with Gasteiger partial charge >= 0.3 is 0 Å². The molecule has 3 heteroatoms. The van der Waals surface area contributed by atoms with Crippen LogP contribution >= 0.6 is 11.6 Å². The molecule has 0 aliphatic carbocycles. The lowest BCUT2D eigenvalue weighted by molar-refractivity contribution is 0.314. The summed E-state index contributed by atoms with van der Waals surface area (Å²) in [4.78, 5) is 0. The highest BCUT2D eigenvalue weighted by Gasteiger charge is 2.23. The number of fused-ring (bicyclic) bond motifs is 1. The highest BCUT2D eigenvalue weighted by atomic mass is 35.5. The lowest BCUT2D eigenvalue weighted by Gasteiger charge is -2.23. The number of aryl methyl sites for hydroxylation is 1. The van der Waals surface area contributed by atoms with Crippen molar-refractivity contribution in [1.82, 2.24) is 5.32 Å². The monoisotopic (exact) mass is 253 g/mol. The molecule has 1 heterocycles. The number of hydrogen-bond donors (Lipinski definition) is 1. The first kappa shape index (κ1) is 12.7. The molecule has 1 aromatic rings. The van der Waals surface area contributed by atoms with Crippen molar-refractivity contribution < 1.29 is 4.74 Å². The minimum absolute atomic E-state index is 0.353. The van der Waals surface area contributed by atoms with Crippen LogP contribution in [-0.2, 0) is 0 Å². The molecule has 0 amide bonds. The molecule has 0 fully saturated rings. The van der Waals surface area contributed by atoms with Gasteiger partial charge in [0, 0.05) is 17.6 Å². The number of benzene rings is 1. The highest BCUT2D eigenvalue weighted by molar-refractivity contribution is 6.32. The van der Waals surface area contributed by atoms with E-state index in [4.69, 9.17) is 16.3 Å². The van der Waals surface area contributed by atoms with E-state index >= 15 is 0 Å².